The average Bonchev–Trinajstić information content (AvgIpc) is 0.793. The second-order valence-electron chi connectivity index (χ2n) is 30.5. The van der Waals surface area contributed by atoms with E-state index in [1.165, 1.54) is 39.2 Å². The predicted octanol–water partition coefficient (Wildman–Crippen LogP) is 29.7. The van der Waals surface area contributed by atoms with Gasteiger partial charge >= 0.3 is 178 Å². The van der Waals surface area contributed by atoms with E-state index in [-0.39, 0.29) is 20.1 Å². The quantitative estimate of drug-likeness (QED) is 0.0259. The summed E-state index contributed by atoms with van der Waals surface area (Å²) in [6.45, 7) is 4.18. The first-order chi connectivity index (χ1) is 70.6. The van der Waals surface area contributed by atoms with Gasteiger partial charge in [-0.15, -0.1) is 0 Å². The molecule has 31 heteroatoms. The molecule has 0 aromatic heterocycles. The number of aromatic hydroxyl groups is 5. The van der Waals surface area contributed by atoms with Gasteiger partial charge in [-0.3, -0.25) is 25.0 Å². The van der Waals surface area contributed by atoms with E-state index in [4.69, 9.17) is 93.0 Å². The topological polar surface area (TPSA) is 163 Å². The number of halogens is 11. The van der Waals surface area contributed by atoms with Crippen LogP contribution in [0.15, 0.2) is 419 Å². The summed E-state index contributed by atoms with van der Waals surface area (Å²) in [5.41, 5.74) is 22.0. The molecule has 0 aliphatic carbocycles. The molecule has 0 fully saturated rings. The number of nitrogens with zero attached hydrogens (tertiary/aromatic N) is 5. The van der Waals surface area contributed by atoms with E-state index in [0.29, 0.717) is 57.3 Å². The first-order valence-corrected chi connectivity index (χ1v) is 70.7. The van der Waals surface area contributed by atoms with Crippen molar-refractivity contribution in [3.05, 3.63) is 439 Å². The summed E-state index contributed by atoms with van der Waals surface area (Å²) >= 11 is -2.78. The Kier molecular flexibility index (Phi) is 59.8. The van der Waals surface area contributed by atoms with E-state index in [0.717, 1.165) is 143 Å². The van der Waals surface area contributed by atoms with Crippen molar-refractivity contribution in [2.75, 3.05) is 35.2 Å². The third-order valence-corrected chi connectivity index (χ3v) is 28.2. The van der Waals surface area contributed by atoms with Crippen LogP contribution >= 0.6 is 136 Å². The van der Waals surface area contributed by atoms with Crippen LogP contribution in [0, 0.1) is 19.7 Å². The predicted molar refractivity (Wildman–Crippen MR) is 624 cm³/mol. The molecule has 5 atom stereocenters. The molecule has 0 saturated heterocycles. The minimum absolute atomic E-state index is 0.155. The van der Waals surface area contributed by atoms with Crippen molar-refractivity contribution in [3.63, 3.8) is 0 Å². The number of benzene rings is 17. The number of hydrogen-bond donors (Lipinski definition) is 5. The molecule has 17 aromatic rings. The Hall–Kier alpha value is -7.36. The molecule has 5 N–H and O–H groups in total. The first-order valence-electron chi connectivity index (χ1n) is 44.2. The molecule has 0 aliphatic heterocycles. The summed E-state index contributed by atoms with van der Waals surface area (Å²) in [6.07, 6.45) is 9.15. The fourth-order valence-electron chi connectivity index (χ4n) is 14.6. The molecule has 5 unspecified atom stereocenters. The molecular formula is C114H101Cl10FN5O5P5Ti5. The van der Waals surface area contributed by atoms with E-state index in [2.05, 4.69) is 160 Å². The number of para-hydroxylation sites is 1. The van der Waals surface area contributed by atoms with Crippen molar-refractivity contribution >= 4 is 220 Å². The van der Waals surface area contributed by atoms with Gasteiger partial charge < -0.3 is 25.5 Å². The van der Waals surface area contributed by atoms with Gasteiger partial charge in [0.05, 0.1) is 0 Å². The Morgan fingerprint density at radius 3 is 0.876 bits per heavy atom. The van der Waals surface area contributed by atoms with E-state index >= 15 is 0 Å². The van der Waals surface area contributed by atoms with Gasteiger partial charge in [-0.25, -0.2) is 4.39 Å². The third-order valence-electron chi connectivity index (χ3n) is 21.1. The molecule has 0 bridgehead atoms. The Labute approximate surface area is 943 Å². The Bertz CT molecular complexity index is 6950. The van der Waals surface area contributed by atoms with Gasteiger partial charge in [0, 0.05) is 126 Å². The third kappa shape index (κ3) is 41.1. The fraction of sp³-hybridized carbons (Fsp3) is 0.0614. The first kappa shape index (κ1) is 123. The Morgan fingerprint density at radius 2 is 0.497 bits per heavy atom. The van der Waals surface area contributed by atoms with Gasteiger partial charge in [-0.2, -0.15) is 0 Å². The van der Waals surface area contributed by atoms with Crippen molar-refractivity contribution < 1.29 is 115 Å². The van der Waals surface area contributed by atoms with Gasteiger partial charge in [0.2, 0.25) is 0 Å². The second kappa shape index (κ2) is 70.6. The zero-order valence-electron chi connectivity index (χ0n) is 79.5. The average molecular weight is 2390 g/mol. The molecule has 0 spiro atoms. The monoisotopic (exact) mass is 2380 g/mol. The molecular weight excluding hydrogens is 2290 g/mol. The van der Waals surface area contributed by atoms with E-state index < -0.39 is 85.2 Å². The van der Waals surface area contributed by atoms with E-state index in [1.807, 2.05) is 268 Å². The minimum atomic E-state index is -0.556. The van der Waals surface area contributed by atoms with Gasteiger partial charge in [0.15, 0.2) is 0 Å². The Morgan fingerprint density at radius 1 is 0.221 bits per heavy atom. The maximum absolute atomic E-state index is 13.8. The molecule has 0 radical (unpaired) electrons. The molecule has 0 saturated carbocycles. The Balaban J connectivity index is 0.000000214. The van der Waals surface area contributed by atoms with Crippen LogP contribution < -0.4 is 53.0 Å². The van der Waals surface area contributed by atoms with E-state index in [9.17, 15) is 29.9 Å². The van der Waals surface area contributed by atoms with Crippen LogP contribution in [0.3, 0.4) is 0 Å². The zero-order chi connectivity index (χ0) is 104. The molecule has 0 aliphatic rings. The van der Waals surface area contributed by atoms with Crippen LogP contribution in [-0.4, -0.2) is 91.8 Å². The van der Waals surface area contributed by atoms with Crippen LogP contribution in [0.25, 0.3) is 77.9 Å². The summed E-state index contributed by atoms with van der Waals surface area (Å²) in [4.78, 5) is 20.7. The number of aliphatic imine (C=N–C) groups is 5. The summed E-state index contributed by atoms with van der Waals surface area (Å²) < 4.78 is 13.8. The van der Waals surface area contributed by atoms with Gasteiger partial charge in [0.25, 0.3) is 0 Å². The SMILES string of the molecule is CN=Cc1cc(C)ccc1Pc1cc(-c2ccccc2)ccc1O.CN=Cc1cc(F)ccc1Pc1cc(-c2ccccc2)cc(-c2ccccc2)c1O.CN=Cc1cccc(C)c1Pc1cccc(-c2ccccc2)c1O.CN=Cc1ccccc1Pc1cc(-c2ccccc2)cc(-c2ccccc2)c1O.CN=Cc1ccccc1Pc1cc(-c2ccccc2)ccc1O.[Cl][Ti][Cl].[Cl][Ti][Cl].[Cl][Ti][Cl].[Cl][Ti][Cl].[Cl][Ti][Cl]. The molecule has 17 rings (SSSR count). The van der Waals surface area contributed by atoms with Gasteiger partial charge in [-0.05, 0) is 185 Å². The number of hydrogen-bond acceptors (Lipinski definition) is 10. The van der Waals surface area contributed by atoms with Crippen LogP contribution in [0.5, 0.6) is 28.7 Å². The van der Waals surface area contributed by atoms with Crippen molar-refractivity contribution in [2.45, 2.75) is 13.8 Å². The number of phenolic OH excluding ortho intramolecular Hbond substituents is 5. The summed E-state index contributed by atoms with van der Waals surface area (Å²) in [6, 6.07) is 130. The molecule has 10 nitrogen and oxygen atoms in total. The van der Waals surface area contributed by atoms with Gasteiger partial charge in [-0.1, -0.05) is 376 Å². The normalized spacial score (nSPS) is 10.8. The molecule has 734 valence electrons. The van der Waals surface area contributed by atoms with Crippen molar-refractivity contribution in [3.8, 4) is 107 Å². The fourth-order valence-corrected chi connectivity index (χ4v) is 20.7. The standard InChI is InChI=1S/C26H21FNOP.C26H22NOP.2C21H20NOP.C20H18NOP.10ClH.5Ti/c1-28-17-21-14-22(27)12-13-24(21)30-25-16-20(18-8-4-2-5-9-18)15-23(26(25)29)19-10-6-3-7-11-19;1-27-18-21-14-8-9-15-24(21)29-25-17-22(19-10-4-2-5-11-19)16-23(26(25)28)20-12-6-3-7-13-20;1-15-8-6-11-17(14-22-2)21(15)24-19-13-7-12-18(20(19)23)16-9-4-3-5-10-16;1-15-8-11-20(18(12-15)14-22-2)24-21-13-17(9-10-19(21)23)16-6-4-3-5-7-16;1-21-14-17-9-5-6-10-19(17)23-20-13-16(11-12-18(20)22)15-7-3-2-4-8-15;;;;;;;;;;;;;;;/h2-17,29-30H,1H3;2-18,28-29H,1H3;2*3-14,23-24H,1-2H3;2-14,22-23H,1H3;10*1H;;;;;/q;;;;;;;;;;;;;;;5*+2/p-10. The van der Waals surface area contributed by atoms with Crippen LogP contribution in [0.2, 0.25) is 0 Å². The van der Waals surface area contributed by atoms with Crippen molar-refractivity contribution in [1.29, 1.82) is 0 Å². The maximum atomic E-state index is 13.8. The molecule has 0 amide bonds. The summed E-state index contributed by atoms with van der Waals surface area (Å²) in [5.74, 6) is 1.34. The second-order valence-corrected chi connectivity index (χ2v) is 50.0. The summed E-state index contributed by atoms with van der Waals surface area (Å²) in [5, 5.41) is 63.9. The molecule has 17 aromatic carbocycles. The van der Waals surface area contributed by atoms with E-state index in [1.54, 1.807) is 59.7 Å². The number of aryl methyl sites for hydroxylation is 2. The summed E-state index contributed by atoms with van der Waals surface area (Å²) in [7, 11) is 59.3. The van der Waals surface area contributed by atoms with Crippen LogP contribution in [-0.2, 0) is 85.2 Å². The number of rotatable bonds is 22. The van der Waals surface area contributed by atoms with Crippen molar-refractivity contribution in [2.24, 2.45) is 25.0 Å². The molecule has 0 heterocycles. The zero-order valence-corrected chi connectivity index (χ0v) is 99.9. The number of phenols is 5. The van der Waals surface area contributed by atoms with Crippen LogP contribution in [0.4, 0.5) is 4.39 Å². The van der Waals surface area contributed by atoms with Crippen molar-refractivity contribution in [1.82, 2.24) is 0 Å². The van der Waals surface area contributed by atoms with Gasteiger partial charge in [0.1, 0.15) is 34.6 Å². The van der Waals surface area contributed by atoms with Crippen LogP contribution in [0.1, 0.15) is 38.9 Å². The molecule has 145 heavy (non-hydrogen) atoms.